The number of carbonyl (C=O) groups is 1. The largest absolute Gasteiger partial charge is 0.311 e. The number of carbonyl (C=O) groups excluding carboxylic acids is 1. The predicted molar refractivity (Wildman–Crippen MR) is 83.3 cm³/mol. The van der Waals surface area contributed by atoms with Gasteiger partial charge in [-0.05, 0) is 59.0 Å². The molecule has 0 radical (unpaired) electrons. The quantitative estimate of drug-likeness (QED) is 0.724. The highest BCUT2D eigenvalue weighted by Crippen LogP contribution is 2.20. The molecule has 0 saturated heterocycles. The van der Waals surface area contributed by atoms with Crippen molar-refractivity contribution < 1.29 is 4.79 Å². The maximum atomic E-state index is 12.3. The minimum Gasteiger partial charge on any atom is -0.311 e. The van der Waals surface area contributed by atoms with Crippen molar-refractivity contribution in [1.82, 2.24) is 0 Å². The molecule has 2 aromatic carbocycles. The molecular weight excluding hydrogens is 361 g/mol. The zero-order valence-electron chi connectivity index (χ0n) is 9.73. The summed E-state index contributed by atoms with van der Waals surface area (Å²) in [5.74, 6) is -0.0256. The van der Waals surface area contributed by atoms with Crippen molar-refractivity contribution in [3.8, 4) is 0 Å². The van der Waals surface area contributed by atoms with Crippen molar-refractivity contribution in [3.05, 3.63) is 62.7 Å². The van der Waals surface area contributed by atoms with Crippen molar-refractivity contribution in [1.29, 1.82) is 0 Å². The Kier molecular flexibility index (Phi) is 4.24. The van der Waals surface area contributed by atoms with E-state index in [0.29, 0.717) is 10.6 Å². The zero-order chi connectivity index (χ0) is 13.1. The highest BCUT2D eigenvalue weighted by Gasteiger charge is 2.15. The topological polar surface area (TPSA) is 20.3 Å². The fourth-order valence-electron chi connectivity index (χ4n) is 1.60. The lowest BCUT2D eigenvalue weighted by molar-refractivity contribution is 0.0992. The summed E-state index contributed by atoms with van der Waals surface area (Å²) in [6, 6.07) is 14.7. The molecule has 18 heavy (non-hydrogen) atoms. The lowest BCUT2D eigenvalue weighted by Crippen LogP contribution is -2.26. The van der Waals surface area contributed by atoms with Crippen LogP contribution in [-0.4, -0.2) is 13.0 Å². The van der Waals surface area contributed by atoms with Crippen LogP contribution in [0.15, 0.2) is 48.5 Å². The standard InChI is InChI=1S/C14H11ClINO/c1-17(11-8-6-10(15)7-9-11)14(18)12-4-2-3-5-13(12)16/h2-9H,1H3. The van der Waals surface area contributed by atoms with Gasteiger partial charge in [-0.15, -0.1) is 0 Å². The molecule has 92 valence electrons. The Labute approximate surface area is 125 Å². The van der Waals surface area contributed by atoms with Crippen LogP contribution in [0.5, 0.6) is 0 Å². The minimum atomic E-state index is -0.0256. The Balaban J connectivity index is 2.29. The molecule has 0 aromatic heterocycles. The summed E-state index contributed by atoms with van der Waals surface area (Å²) in [7, 11) is 1.76. The number of amides is 1. The molecule has 2 nitrogen and oxygen atoms in total. The minimum absolute atomic E-state index is 0.0256. The van der Waals surface area contributed by atoms with Crippen molar-refractivity contribution in [2.45, 2.75) is 0 Å². The predicted octanol–water partition coefficient (Wildman–Crippen LogP) is 4.22. The van der Waals surface area contributed by atoms with Crippen LogP contribution in [0, 0.1) is 3.57 Å². The van der Waals surface area contributed by atoms with Crippen LogP contribution in [-0.2, 0) is 0 Å². The first-order valence-electron chi connectivity index (χ1n) is 5.38. The SMILES string of the molecule is CN(C(=O)c1ccccc1I)c1ccc(Cl)cc1. The lowest BCUT2D eigenvalue weighted by atomic mass is 10.2. The summed E-state index contributed by atoms with van der Waals surface area (Å²) in [6.45, 7) is 0. The zero-order valence-corrected chi connectivity index (χ0v) is 12.6. The Hall–Kier alpha value is -1.07. The molecule has 0 fully saturated rings. The Morgan fingerprint density at radius 3 is 2.33 bits per heavy atom. The van der Waals surface area contributed by atoms with Crippen molar-refractivity contribution >= 4 is 45.8 Å². The van der Waals surface area contributed by atoms with Gasteiger partial charge in [-0.2, -0.15) is 0 Å². The molecule has 0 aliphatic carbocycles. The summed E-state index contributed by atoms with van der Waals surface area (Å²) >= 11 is 8.00. The van der Waals surface area contributed by atoms with Crippen LogP contribution in [0.1, 0.15) is 10.4 Å². The summed E-state index contributed by atoms with van der Waals surface area (Å²) < 4.78 is 0.945. The summed E-state index contributed by atoms with van der Waals surface area (Å²) in [5, 5.41) is 0.661. The molecule has 0 saturated carbocycles. The Bertz CT molecular complexity index is 568. The first-order chi connectivity index (χ1) is 8.59. The number of hydrogen-bond donors (Lipinski definition) is 0. The first-order valence-corrected chi connectivity index (χ1v) is 6.83. The molecule has 2 aromatic rings. The number of anilines is 1. The molecule has 0 aliphatic rings. The fraction of sp³-hybridized carbons (Fsp3) is 0.0714. The van der Waals surface area contributed by atoms with E-state index in [1.54, 1.807) is 24.1 Å². The number of benzene rings is 2. The van der Waals surface area contributed by atoms with Crippen molar-refractivity contribution in [3.63, 3.8) is 0 Å². The highest BCUT2D eigenvalue weighted by molar-refractivity contribution is 14.1. The van der Waals surface area contributed by atoms with E-state index in [4.69, 9.17) is 11.6 Å². The van der Waals surface area contributed by atoms with E-state index < -0.39 is 0 Å². The average Bonchev–Trinajstić information content (AvgIpc) is 2.38. The van der Waals surface area contributed by atoms with Crippen LogP contribution in [0.4, 0.5) is 5.69 Å². The van der Waals surface area contributed by atoms with Gasteiger partial charge in [-0.1, -0.05) is 23.7 Å². The van der Waals surface area contributed by atoms with E-state index in [9.17, 15) is 4.79 Å². The third kappa shape index (κ3) is 2.84. The van der Waals surface area contributed by atoms with Gasteiger partial charge in [0.25, 0.3) is 5.91 Å². The van der Waals surface area contributed by atoms with Crippen LogP contribution in [0.2, 0.25) is 5.02 Å². The average molecular weight is 372 g/mol. The van der Waals surface area contributed by atoms with E-state index in [1.165, 1.54) is 0 Å². The molecule has 2 rings (SSSR count). The smallest absolute Gasteiger partial charge is 0.259 e. The van der Waals surface area contributed by atoms with Gasteiger partial charge in [-0.25, -0.2) is 0 Å². The molecule has 4 heteroatoms. The first kappa shape index (κ1) is 13.4. The molecule has 0 N–H and O–H groups in total. The van der Waals surface area contributed by atoms with Gasteiger partial charge in [-0.3, -0.25) is 4.79 Å². The second-order valence-corrected chi connectivity index (χ2v) is 5.42. The van der Waals surface area contributed by atoms with Gasteiger partial charge in [0.1, 0.15) is 0 Å². The second-order valence-electron chi connectivity index (χ2n) is 3.82. The summed E-state index contributed by atoms with van der Waals surface area (Å²) in [5.41, 5.74) is 1.53. The van der Waals surface area contributed by atoms with E-state index >= 15 is 0 Å². The second kappa shape index (κ2) is 5.71. The molecule has 0 spiro atoms. The van der Waals surface area contributed by atoms with E-state index in [2.05, 4.69) is 22.6 Å². The third-order valence-electron chi connectivity index (χ3n) is 2.62. The van der Waals surface area contributed by atoms with Gasteiger partial charge < -0.3 is 4.90 Å². The maximum absolute atomic E-state index is 12.3. The van der Waals surface area contributed by atoms with Crippen molar-refractivity contribution in [2.75, 3.05) is 11.9 Å². The number of halogens is 2. The van der Waals surface area contributed by atoms with E-state index in [1.807, 2.05) is 36.4 Å². The molecule has 0 unspecified atom stereocenters. The van der Waals surface area contributed by atoms with Crippen LogP contribution < -0.4 is 4.90 Å². The summed E-state index contributed by atoms with van der Waals surface area (Å²) in [6.07, 6.45) is 0. The van der Waals surface area contributed by atoms with Crippen molar-refractivity contribution in [2.24, 2.45) is 0 Å². The van der Waals surface area contributed by atoms with Crippen LogP contribution >= 0.6 is 34.2 Å². The molecular formula is C14H11ClINO. The number of hydrogen-bond acceptors (Lipinski definition) is 1. The van der Waals surface area contributed by atoms with Gasteiger partial charge in [0, 0.05) is 21.3 Å². The van der Waals surface area contributed by atoms with E-state index in [-0.39, 0.29) is 5.91 Å². The molecule has 1 amide bonds. The summed E-state index contributed by atoms with van der Waals surface area (Å²) in [4.78, 5) is 14.0. The van der Waals surface area contributed by atoms with Gasteiger partial charge in [0.15, 0.2) is 0 Å². The van der Waals surface area contributed by atoms with Gasteiger partial charge in [0.05, 0.1) is 5.56 Å². The third-order valence-corrected chi connectivity index (χ3v) is 3.82. The lowest BCUT2D eigenvalue weighted by Gasteiger charge is -2.18. The number of rotatable bonds is 2. The Morgan fingerprint density at radius 1 is 1.11 bits per heavy atom. The van der Waals surface area contributed by atoms with Crippen LogP contribution in [0.25, 0.3) is 0 Å². The van der Waals surface area contributed by atoms with Gasteiger partial charge >= 0.3 is 0 Å². The molecule has 0 bridgehead atoms. The van der Waals surface area contributed by atoms with E-state index in [0.717, 1.165) is 9.26 Å². The normalized spacial score (nSPS) is 10.2. The fourth-order valence-corrected chi connectivity index (χ4v) is 2.34. The van der Waals surface area contributed by atoms with Gasteiger partial charge in [0.2, 0.25) is 0 Å². The maximum Gasteiger partial charge on any atom is 0.259 e. The number of nitrogens with zero attached hydrogens (tertiary/aromatic N) is 1. The highest BCUT2D eigenvalue weighted by atomic mass is 127. The van der Waals surface area contributed by atoms with Crippen LogP contribution in [0.3, 0.4) is 0 Å². The molecule has 0 atom stereocenters. The molecule has 0 aliphatic heterocycles. The molecule has 0 heterocycles. The monoisotopic (exact) mass is 371 g/mol. The Morgan fingerprint density at radius 2 is 1.72 bits per heavy atom.